The number of rotatable bonds is 5. The minimum Gasteiger partial charge on any atom is -0.478 e. The molecule has 2 rings (SSSR count). The lowest BCUT2D eigenvalue weighted by atomic mass is 9.81. The van der Waals surface area contributed by atoms with Crippen LogP contribution in [0.15, 0.2) is 30.4 Å². The number of hydrogen-bond acceptors (Lipinski definition) is 4. The fourth-order valence-corrected chi connectivity index (χ4v) is 3.23. The Morgan fingerprint density at radius 2 is 1.85 bits per heavy atom. The molecule has 1 aromatic carbocycles. The number of likely N-dealkylation sites (tertiary alicyclic amines) is 1. The third-order valence-electron chi connectivity index (χ3n) is 4.06. The number of carboxylic acid groups (broad SMARTS) is 2. The van der Waals surface area contributed by atoms with E-state index in [9.17, 15) is 9.59 Å². The van der Waals surface area contributed by atoms with Crippen LogP contribution >= 0.6 is 23.2 Å². The predicted octanol–water partition coefficient (Wildman–Crippen LogP) is 3.39. The zero-order valence-corrected chi connectivity index (χ0v) is 16.2. The normalized spacial score (nSPS) is 20.5. The Balaban J connectivity index is 0.000000359. The number of carboxylic acids is 2. The molecule has 2 atom stereocenters. The minimum absolute atomic E-state index is 0.510. The highest BCUT2D eigenvalue weighted by molar-refractivity contribution is 6.42. The molecule has 0 bridgehead atoms. The van der Waals surface area contributed by atoms with Gasteiger partial charge in [-0.15, -0.1) is 0 Å². The summed E-state index contributed by atoms with van der Waals surface area (Å²) in [5.74, 6) is -1.48. The van der Waals surface area contributed by atoms with Gasteiger partial charge in [-0.05, 0) is 43.6 Å². The van der Waals surface area contributed by atoms with Gasteiger partial charge in [0.05, 0.1) is 16.7 Å². The van der Waals surface area contributed by atoms with Crippen LogP contribution in [0.2, 0.25) is 10.0 Å². The van der Waals surface area contributed by atoms with E-state index in [1.165, 1.54) is 5.56 Å². The van der Waals surface area contributed by atoms with Gasteiger partial charge in [0, 0.05) is 31.7 Å². The summed E-state index contributed by atoms with van der Waals surface area (Å²) in [6, 6.07) is 5.98. The van der Waals surface area contributed by atoms with E-state index in [1.54, 1.807) is 7.11 Å². The topological polar surface area (TPSA) is 87.1 Å². The number of piperidine rings is 1. The second-order valence-electron chi connectivity index (χ2n) is 6.06. The van der Waals surface area contributed by atoms with Crippen LogP contribution in [0.1, 0.15) is 17.9 Å². The van der Waals surface area contributed by atoms with E-state index >= 15 is 0 Å². The predicted molar refractivity (Wildman–Crippen MR) is 101 cm³/mol. The lowest BCUT2D eigenvalue weighted by Crippen LogP contribution is -2.39. The van der Waals surface area contributed by atoms with Gasteiger partial charge in [-0.3, -0.25) is 0 Å². The smallest absolute Gasteiger partial charge is 0.328 e. The van der Waals surface area contributed by atoms with Crippen molar-refractivity contribution in [3.63, 3.8) is 0 Å². The Morgan fingerprint density at radius 3 is 2.35 bits per heavy atom. The molecule has 0 radical (unpaired) electrons. The van der Waals surface area contributed by atoms with Gasteiger partial charge in [0.1, 0.15) is 0 Å². The van der Waals surface area contributed by atoms with Crippen LogP contribution in [0.25, 0.3) is 0 Å². The Labute approximate surface area is 163 Å². The Kier molecular flexibility index (Phi) is 9.65. The largest absolute Gasteiger partial charge is 0.478 e. The molecule has 1 aliphatic rings. The molecule has 1 aliphatic heterocycles. The molecule has 1 aromatic rings. The average Bonchev–Trinajstić information content (AvgIpc) is 2.57. The van der Waals surface area contributed by atoms with Gasteiger partial charge in [-0.1, -0.05) is 29.3 Å². The molecule has 144 valence electrons. The molecule has 0 amide bonds. The van der Waals surface area contributed by atoms with Crippen LogP contribution < -0.4 is 0 Å². The SMILES string of the molecule is COC[C@@H]1CN(C)CC[C@H]1c1ccc(Cl)c(Cl)c1.O=C(O)/C=C/C(=O)O. The lowest BCUT2D eigenvalue weighted by molar-refractivity contribution is -0.134. The van der Waals surface area contributed by atoms with Gasteiger partial charge in [-0.2, -0.15) is 0 Å². The quantitative estimate of drug-likeness (QED) is 0.732. The van der Waals surface area contributed by atoms with Crippen LogP contribution in [-0.2, 0) is 14.3 Å². The van der Waals surface area contributed by atoms with Crippen molar-refractivity contribution < 1.29 is 24.5 Å². The molecule has 8 heteroatoms. The molecule has 0 saturated carbocycles. The summed E-state index contributed by atoms with van der Waals surface area (Å²) >= 11 is 12.1. The van der Waals surface area contributed by atoms with Crippen LogP contribution in [0.5, 0.6) is 0 Å². The molecule has 1 heterocycles. The first-order chi connectivity index (χ1) is 12.2. The number of aliphatic carboxylic acids is 2. The highest BCUT2D eigenvalue weighted by atomic mass is 35.5. The van der Waals surface area contributed by atoms with Crippen LogP contribution in [-0.4, -0.2) is 60.9 Å². The summed E-state index contributed by atoms with van der Waals surface area (Å²) in [6.07, 6.45) is 2.26. The second kappa shape index (κ2) is 11.2. The number of methoxy groups -OCH3 is 1. The van der Waals surface area contributed by atoms with Gasteiger partial charge >= 0.3 is 11.9 Å². The first kappa shape index (κ1) is 22.4. The molecular weight excluding hydrogens is 381 g/mol. The van der Waals surface area contributed by atoms with Crippen molar-refractivity contribution in [2.24, 2.45) is 5.92 Å². The van der Waals surface area contributed by atoms with Crippen molar-refractivity contribution in [3.8, 4) is 0 Å². The Bertz CT molecular complexity index is 634. The fraction of sp³-hybridized carbons (Fsp3) is 0.444. The molecule has 0 spiro atoms. The van der Waals surface area contributed by atoms with Crippen molar-refractivity contribution in [2.45, 2.75) is 12.3 Å². The summed E-state index contributed by atoms with van der Waals surface area (Å²) in [7, 11) is 3.92. The maximum absolute atomic E-state index is 9.55. The average molecular weight is 404 g/mol. The molecule has 2 N–H and O–H groups in total. The van der Waals surface area contributed by atoms with Crippen LogP contribution in [0, 0.1) is 5.92 Å². The van der Waals surface area contributed by atoms with Gasteiger partial charge in [0.15, 0.2) is 0 Å². The number of halogens is 2. The summed E-state index contributed by atoms with van der Waals surface area (Å²) < 4.78 is 5.35. The van der Waals surface area contributed by atoms with E-state index in [4.69, 9.17) is 38.2 Å². The summed E-state index contributed by atoms with van der Waals surface area (Å²) in [5.41, 5.74) is 1.28. The number of hydrogen-bond donors (Lipinski definition) is 2. The van der Waals surface area contributed by atoms with Gasteiger partial charge in [0.2, 0.25) is 0 Å². The molecule has 0 aliphatic carbocycles. The van der Waals surface area contributed by atoms with Crippen molar-refractivity contribution in [1.29, 1.82) is 0 Å². The van der Waals surface area contributed by atoms with E-state index in [2.05, 4.69) is 18.0 Å². The maximum Gasteiger partial charge on any atom is 0.328 e. The molecule has 0 unspecified atom stereocenters. The Morgan fingerprint density at radius 1 is 1.23 bits per heavy atom. The molecular formula is C18H23Cl2NO5. The van der Waals surface area contributed by atoms with Crippen LogP contribution in [0.4, 0.5) is 0 Å². The second-order valence-corrected chi connectivity index (χ2v) is 6.87. The standard InChI is InChI=1S/C14H19Cl2NO.C4H4O4/c1-17-6-5-12(11(8-17)9-18-2)10-3-4-13(15)14(16)7-10;5-3(6)1-2-4(7)8/h3-4,7,11-12H,5-6,8-9H2,1-2H3;1-2H,(H,5,6)(H,7,8)/b;2-1+/t11-,12-;/m0./s1. The van der Waals surface area contributed by atoms with E-state index < -0.39 is 11.9 Å². The summed E-state index contributed by atoms with van der Waals surface area (Å²) in [6.45, 7) is 2.97. The molecule has 6 nitrogen and oxygen atoms in total. The lowest BCUT2D eigenvalue weighted by Gasteiger charge is -2.36. The van der Waals surface area contributed by atoms with Gasteiger partial charge in [-0.25, -0.2) is 9.59 Å². The third-order valence-corrected chi connectivity index (χ3v) is 4.80. The van der Waals surface area contributed by atoms with Gasteiger partial charge < -0.3 is 19.8 Å². The van der Waals surface area contributed by atoms with Crippen molar-refractivity contribution in [1.82, 2.24) is 4.90 Å². The van der Waals surface area contributed by atoms with Crippen LogP contribution in [0.3, 0.4) is 0 Å². The van der Waals surface area contributed by atoms with Crippen molar-refractivity contribution in [2.75, 3.05) is 33.9 Å². The monoisotopic (exact) mass is 403 g/mol. The minimum atomic E-state index is -1.26. The van der Waals surface area contributed by atoms with E-state index in [0.29, 0.717) is 34.0 Å². The van der Waals surface area contributed by atoms with Crippen molar-refractivity contribution >= 4 is 35.1 Å². The summed E-state index contributed by atoms with van der Waals surface area (Å²) in [5, 5.41) is 16.9. The van der Waals surface area contributed by atoms with Gasteiger partial charge in [0.25, 0.3) is 0 Å². The fourth-order valence-electron chi connectivity index (χ4n) is 2.92. The molecule has 1 fully saturated rings. The molecule has 0 aromatic heterocycles. The van der Waals surface area contributed by atoms with E-state index in [-0.39, 0.29) is 0 Å². The summed E-state index contributed by atoms with van der Waals surface area (Å²) in [4.78, 5) is 21.5. The molecule has 26 heavy (non-hydrogen) atoms. The Hall–Kier alpha value is -1.60. The first-order valence-corrected chi connectivity index (χ1v) is 8.76. The number of benzene rings is 1. The van der Waals surface area contributed by atoms with E-state index in [0.717, 1.165) is 26.1 Å². The number of nitrogens with zero attached hydrogens (tertiary/aromatic N) is 1. The van der Waals surface area contributed by atoms with E-state index in [1.807, 2.05) is 12.1 Å². The highest BCUT2D eigenvalue weighted by Crippen LogP contribution is 2.35. The first-order valence-electron chi connectivity index (χ1n) is 8.01. The highest BCUT2D eigenvalue weighted by Gasteiger charge is 2.29. The third kappa shape index (κ3) is 7.74. The van der Waals surface area contributed by atoms with Crippen molar-refractivity contribution in [3.05, 3.63) is 46.0 Å². The number of ether oxygens (including phenoxy) is 1. The zero-order chi connectivity index (χ0) is 19.7. The number of carbonyl (C=O) groups is 2. The molecule has 1 saturated heterocycles. The maximum atomic E-state index is 9.55. The zero-order valence-electron chi connectivity index (χ0n) is 14.7.